The third-order valence-corrected chi connectivity index (χ3v) is 4.65. The average molecular weight is 287 g/mol. The Morgan fingerprint density at radius 3 is 2.84 bits per heavy atom. The Kier molecular flexibility index (Phi) is 9.30. The Balaban J connectivity index is 1.92. The summed E-state index contributed by atoms with van der Waals surface area (Å²) in [7, 11) is 0. The first-order chi connectivity index (χ1) is 9.26. The maximum absolute atomic E-state index is 11.6. The molecule has 1 saturated heterocycles. The van der Waals surface area contributed by atoms with Crippen molar-refractivity contribution in [3.63, 3.8) is 0 Å². The van der Waals surface area contributed by atoms with Crippen LogP contribution < -0.4 is 10.6 Å². The number of nitrogens with zero attached hydrogens (tertiary/aromatic N) is 1. The second-order valence-corrected chi connectivity index (χ2v) is 6.18. The Morgan fingerprint density at radius 2 is 2.21 bits per heavy atom. The van der Waals surface area contributed by atoms with Gasteiger partial charge in [-0.1, -0.05) is 13.8 Å². The number of hydrogen-bond donors (Lipinski definition) is 2. The normalized spacial score (nSPS) is 19.0. The lowest BCUT2D eigenvalue weighted by Gasteiger charge is -2.17. The Labute approximate surface area is 122 Å². The molecule has 1 atom stereocenters. The maximum Gasteiger partial charge on any atom is 0.229 e. The maximum atomic E-state index is 11.6. The fourth-order valence-electron chi connectivity index (χ4n) is 2.33. The lowest BCUT2D eigenvalue weighted by atomic mass is 10.1. The standard InChI is InChI=1S/C14H29N3OS/c1-3-17(4-2)9-10-19-12-14(18)16-8-6-13-5-7-15-11-13/h13,15H,3-12H2,1-2H3,(H,16,18). The van der Waals surface area contributed by atoms with Crippen molar-refractivity contribution < 1.29 is 4.79 Å². The molecule has 0 saturated carbocycles. The van der Waals surface area contributed by atoms with Gasteiger partial charge in [0.15, 0.2) is 0 Å². The first-order valence-corrected chi connectivity index (χ1v) is 8.69. The molecule has 1 unspecified atom stereocenters. The summed E-state index contributed by atoms with van der Waals surface area (Å²) in [6.45, 7) is 10.7. The summed E-state index contributed by atoms with van der Waals surface area (Å²) in [5, 5.41) is 6.38. The molecule has 1 heterocycles. The van der Waals surface area contributed by atoms with Gasteiger partial charge in [0, 0.05) is 18.8 Å². The van der Waals surface area contributed by atoms with E-state index in [0.717, 1.165) is 57.4 Å². The van der Waals surface area contributed by atoms with Crippen LogP contribution in [-0.4, -0.2) is 61.6 Å². The molecule has 4 nitrogen and oxygen atoms in total. The molecule has 0 bridgehead atoms. The van der Waals surface area contributed by atoms with Crippen LogP contribution in [0.15, 0.2) is 0 Å². The smallest absolute Gasteiger partial charge is 0.229 e. The van der Waals surface area contributed by atoms with Gasteiger partial charge in [-0.15, -0.1) is 0 Å². The van der Waals surface area contributed by atoms with Crippen molar-refractivity contribution in [2.24, 2.45) is 5.92 Å². The van der Waals surface area contributed by atoms with Crippen molar-refractivity contribution in [1.29, 1.82) is 0 Å². The number of thioether (sulfide) groups is 1. The molecule has 1 fully saturated rings. The van der Waals surface area contributed by atoms with Crippen molar-refractivity contribution in [3.8, 4) is 0 Å². The van der Waals surface area contributed by atoms with E-state index < -0.39 is 0 Å². The largest absolute Gasteiger partial charge is 0.355 e. The highest BCUT2D eigenvalue weighted by Crippen LogP contribution is 2.10. The van der Waals surface area contributed by atoms with Gasteiger partial charge in [0.25, 0.3) is 0 Å². The molecule has 0 spiro atoms. The summed E-state index contributed by atoms with van der Waals surface area (Å²) in [5.41, 5.74) is 0. The Morgan fingerprint density at radius 1 is 1.42 bits per heavy atom. The van der Waals surface area contributed by atoms with E-state index in [4.69, 9.17) is 0 Å². The van der Waals surface area contributed by atoms with Crippen LogP contribution in [0.2, 0.25) is 0 Å². The fraction of sp³-hybridized carbons (Fsp3) is 0.929. The predicted octanol–water partition coefficient (Wildman–Crippen LogP) is 1.18. The van der Waals surface area contributed by atoms with E-state index in [1.807, 2.05) is 0 Å². The average Bonchev–Trinajstić information content (AvgIpc) is 2.92. The van der Waals surface area contributed by atoms with E-state index in [9.17, 15) is 4.79 Å². The van der Waals surface area contributed by atoms with Gasteiger partial charge in [-0.25, -0.2) is 0 Å². The van der Waals surface area contributed by atoms with Gasteiger partial charge in [0.1, 0.15) is 0 Å². The molecule has 19 heavy (non-hydrogen) atoms. The number of carbonyl (C=O) groups is 1. The summed E-state index contributed by atoms with van der Waals surface area (Å²) in [4.78, 5) is 14.0. The molecule has 2 N–H and O–H groups in total. The van der Waals surface area contributed by atoms with Crippen molar-refractivity contribution in [1.82, 2.24) is 15.5 Å². The van der Waals surface area contributed by atoms with Gasteiger partial charge in [0.2, 0.25) is 5.91 Å². The second-order valence-electron chi connectivity index (χ2n) is 5.08. The van der Waals surface area contributed by atoms with Crippen LogP contribution >= 0.6 is 11.8 Å². The predicted molar refractivity (Wildman–Crippen MR) is 83.7 cm³/mol. The molecule has 0 aliphatic carbocycles. The van der Waals surface area contributed by atoms with E-state index in [1.165, 1.54) is 6.42 Å². The van der Waals surface area contributed by atoms with Gasteiger partial charge >= 0.3 is 0 Å². The van der Waals surface area contributed by atoms with E-state index in [-0.39, 0.29) is 5.91 Å². The van der Waals surface area contributed by atoms with Crippen LogP contribution in [0, 0.1) is 5.92 Å². The zero-order chi connectivity index (χ0) is 13.9. The molecular weight excluding hydrogens is 258 g/mol. The summed E-state index contributed by atoms with van der Waals surface area (Å²) in [6, 6.07) is 0. The van der Waals surface area contributed by atoms with Gasteiger partial charge in [-0.05, 0) is 44.9 Å². The minimum Gasteiger partial charge on any atom is -0.355 e. The molecule has 1 amide bonds. The molecule has 112 valence electrons. The van der Waals surface area contributed by atoms with Crippen molar-refractivity contribution in [2.45, 2.75) is 26.7 Å². The van der Waals surface area contributed by atoms with Crippen molar-refractivity contribution >= 4 is 17.7 Å². The Hall–Kier alpha value is -0.260. The zero-order valence-electron chi connectivity index (χ0n) is 12.4. The molecule has 1 rings (SSSR count). The fourth-order valence-corrected chi connectivity index (χ4v) is 3.15. The third-order valence-electron chi connectivity index (χ3n) is 3.72. The molecule has 5 heteroatoms. The van der Waals surface area contributed by atoms with Crippen LogP contribution in [0.25, 0.3) is 0 Å². The molecule has 0 radical (unpaired) electrons. The van der Waals surface area contributed by atoms with Crippen LogP contribution in [0.1, 0.15) is 26.7 Å². The van der Waals surface area contributed by atoms with Crippen LogP contribution in [0.5, 0.6) is 0 Å². The number of amides is 1. The van der Waals surface area contributed by atoms with E-state index >= 15 is 0 Å². The molecular formula is C14H29N3OS. The third kappa shape index (κ3) is 7.80. The first-order valence-electron chi connectivity index (χ1n) is 7.53. The lowest BCUT2D eigenvalue weighted by molar-refractivity contribution is -0.118. The number of carbonyl (C=O) groups excluding carboxylic acids is 1. The van der Waals surface area contributed by atoms with Gasteiger partial charge < -0.3 is 15.5 Å². The SMILES string of the molecule is CCN(CC)CCSCC(=O)NCCC1CCNC1. The molecule has 0 aromatic rings. The summed E-state index contributed by atoms with van der Waals surface area (Å²) in [6.07, 6.45) is 2.37. The topological polar surface area (TPSA) is 44.4 Å². The highest BCUT2D eigenvalue weighted by Gasteiger charge is 2.13. The van der Waals surface area contributed by atoms with E-state index in [0.29, 0.717) is 5.75 Å². The molecule has 1 aliphatic rings. The van der Waals surface area contributed by atoms with Gasteiger partial charge in [0.05, 0.1) is 5.75 Å². The van der Waals surface area contributed by atoms with Crippen molar-refractivity contribution in [2.75, 3.05) is 50.8 Å². The number of rotatable bonds is 10. The minimum atomic E-state index is 0.190. The zero-order valence-corrected chi connectivity index (χ0v) is 13.2. The number of nitrogens with one attached hydrogen (secondary N) is 2. The van der Waals surface area contributed by atoms with E-state index in [1.54, 1.807) is 11.8 Å². The van der Waals surface area contributed by atoms with Crippen LogP contribution in [-0.2, 0) is 4.79 Å². The Bertz CT molecular complexity index is 241. The van der Waals surface area contributed by atoms with Gasteiger partial charge in [-0.2, -0.15) is 11.8 Å². The highest BCUT2D eigenvalue weighted by molar-refractivity contribution is 7.99. The summed E-state index contributed by atoms with van der Waals surface area (Å²) < 4.78 is 0. The van der Waals surface area contributed by atoms with Crippen LogP contribution in [0.3, 0.4) is 0 Å². The second kappa shape index (κ2) is 10.5. The lowest BCUT2D eigenvalue weighted by Crippen LogP contribution is -2.29. The summed E-state index contributed by atoms with van der Waals surface area (Å²) >= 11 is 1.74. The monoisotopic (exact) mass is 287 g/mol. The number of hydrogen-bond acceptors (Lipinski definition) is 4. The first kappa shape index (κ1) is 16.8. The van der Waals surface area contributed by atoms with Crippen LogP contribution in [0.4, 0.5) is 0 Å². The summed E-state index contributed by atoms with van der Waals surface area (Å²) in [5.74, 6) is 2.59. The quantitative estimate of drug-likeness (QED) is 0.592. The van der Waals surface area contributed by atoms with Crippen molar-refractivity contribution in [3.05, 3.63) is 0 Å². The van der Waals surface area contributed by atoms with Gasteiger partial charge in [-0.3, -0.25) is 4.79 Å². The molecule has 0 aromatic heterocycles. The van der Waals surface area contributed by atoms with E-state index in [2.05, 4.69) is 29.4 Å². The molecule has 1 aliphatic heterocycles. The molecule has 0 aromatic carbocycles. The highest BCUT2D eigenvalue weighted by atomic mass is 32.2. The minimum absolute atomic E-state index is 0.190.